The number of hydrogen-bond donors (Lipinski definition) is 2. The summed E-state index contributed by atoms with van der Waals surface area (Å²) in [4.78, 5) is 0. The zero-order chi connectivity index (χ0) is 17.2. The maximum absolute atomic E-state index is 9.55. The summed E-state index contributed by atoms with van der Waals surface area (Å²) in [5.74, 6) is 1.78. The van der Waals surface area contributed by atoms with Gasteiger partial charge < -0.3 is 19.6 Å². The van der Waals surface area contributed by atoms with E-state index in [2.05, 4.69) is 12.2 Å². The van der Waals surface area contributed by atoms with E-state index in [1.165, 1.54) is 6.42 Å². The Hall–Kier alpha value is -1.62. The highest BCUT2D eigenvalue weighted by atomic mass is 16.5. The number of unbranched alkanes of at least 4 members (excludes halogenated alkanes) is 1. The molecule has 4 heteroatoms. The molecule has 0 aliphatic carbocycles. The fourth-order valence-corrected chi connectivity index (χ4v) is 2.41. The van der Waals surface area contributed by atoms with E-state index < -0.39 is 6.10 Å². The zero-order valence-electron chi connectivity index (χ0n) is 14.8. The molecule has 1 atom stereocenters. The summed E-state index contributed by atoms with van der Waals surface area (Å²) in [6, 6.07) is 11.8. The third-order valence-corrected chi connectivity index (χ3v) is 3.92. The highest BCUT2D eigenvalue weighted by Crippen LogP contribution is 2.24. The molecule has 2 rings (SSSR count). The van der Waals surface area contributed by atoms with Crippen molar-refractivity contribution in [2.24, 2.45) is 0 Å². The van der Waals surface area contributed by atoms with Gasteiger partial charge in [-0.05, 0) is 44.0 Å². The smallest absolute Gasteiger partial charge is 0.134 e. The Morgan fingerprint density at radius 3 is 2.54 bits per heavy atom. The molecule has 1 heterocycles. The van der Waals surface area contributed by atoms with Crippen LogP contribution in [0, 0.1) is 0 Å². The quantitative estimate of drug-likeness (QED) is 0.603. The first-order chi connectivity index (χ1) is 11.7. The van der Waals surface area contributed by atoms with E-state index >= 15 is 0 Å². The summed E-state index contributed by atoms with van der Waals surface area (Å²) in [6.07, 6.45) is 2.89. The van der Waals surface area contributed by atoms with Crippen LogP contribution in [0.3, 0.4) is 0 Å². The maximum Gasteiger partial charge on any atom is 0.134 e. The molecule has 0 amide bonds. The second-order valence-electron chi connectivity index (χ2n) is 6.06. The van der Waals surface area contributed by atoms with Crippen LogP contribution in [-0.2, 0) is 11.3 Å². The van der Waals surface area contributed by atoms with Crippen LogP contribution in [0.25, 0.3) is 11.3 Å². The van der Waals surface area contributed by atoms with Gasteiger partial charge in [-0.3, -0.25) is 0 Å². The van der Waals surface area contributed by atoms with Crippen LogP contribution in [0.5, 0.6) is 0 Å². The zero-order valence-corrected chi connectivity index (χ0v) is 14.8. The number of hydrogen-bond acceptors (Lipinski definition) is 4. The standard InChI is InChI=1S/C20H29NO3/c1-3-4-13-23-14-5-12-21-15-19-10-11-20(24-19)18-8-6-17(7-9-18)16(2)22/h6-11,16,21-22H,3-5,12-15H2,1-2H3. The lowest BCUT2D eigenvalue weighted by molar-refractivity contribution is 0.128. The van der Waals surface area contributed by atoms with Crippen molar-refractivity contribution in [1.82, 2.24) is 5.32 Å². The van der Waals surface area contributed by atoms with Gasteiger partial charge in [0.1, 0.15) is 11.5 Å². The molecule has 0 saturated carbocycles. The molecule has 0 bridgehead atoms. The van der Waals surface area contributed by atoms with Gasteiger partial charge in [0, 0.05) is 18.8 Å². The Morgan fingerprint density at radius 1 is 1.08 bits per heavy atom. The first-order valence-corrected chi connectivity index (χ1v) is 8.86. The van der Waals surface area contributed by atoms with Gasteiger partial charge in [-0.25, -0.2) is 0 Å². The van der Waals surface area contributed by atoms with Crippen LogP contribution in [0.15, 0.2) is 40.8 Å². The number of rotatable bonds is 11. The Labute approximate surface area is 144 Å². The summed E-state index contributed by atoms with van der Waals surface area (Å²) in [5, 5.41) is 12.9. The molecular formula is C20H29NO3. The molecule has 0 radical (unpaired) electrons. The minimum absolute atomic E-state index is 0.443. The van der Waals surface area contributed by atoms with E-state index in [0.717, 1.165) is 61.8 Å². The van der Waals surface area contributed by atoms with Crippen LogP contribution in [-0.4, -0.2) is 24.9 Å². The van der Waals surface area contributed by atoms with Crippen molar-refractivity contribution in [2.75, 3.05) is 19.8 Å². The van der Waals surface area contributed by atoms with Gasteiger partial charge in [-0.15, -0.1) is 0 Å². The van der Waals surface area contributed by atoms with E-state index in [-0.39, 0.29) is 0 Å². The highest BCUT2D eigenvalue weighted by Gasteiger charge is 2.06. The van der Waals surface area contributed by atoms with Gasteiger partial charge in [-0.2, -0.15) is 0 Å². The van der Waals surface area contributed by atoms with Gasteiger partial charge >= 0.3 is 0 Å². The lowest BCUT2D eigenvalue weighted by atomic mass is 10.1. The van der Waals surface area contributed by atoms with Crippen molar-refractivity contribution in [3.63, 3.8) is 0 Å². The second-order valence-corrected chi connectivity index (χ2v) is 6.06. The van der Waals surface area contributed by atoms with E-state index in [0.29, 0.717) is 0 Å². The Bertz CT molecular complexity index is 575. The number of furan rings is 1. The Morgan fingerprint density at radius 2 is 1.83 bits per heavy atom. The summed E-state index contributed by atoms with van der Waals surface area (Å²) in [5.41, 5.74) is 1.93. The third kappa shape index (κ3) is 6.11. The Balaban J connectivity index is 1.71. The average molecular weight is 331 g/mol. The SMILES string of the molecule is CCCCOCCCNCc1ccc(-c2ccc(C(C)O)cc2)o1. The van der Waals surface area contributed by atoms with Gasteiger partial charge in [0.05, 0.1) is 12.6 Å². The highest BCUT2D eigenvalue weighted by molar-refractivity contribution is 5.58. The molecular weight excluding hydrogens is 302 g/mol. The van der Waals surface area contributed by atoms with Crippen molar-refractivity contribution < 1.29 is 14.3 Å². The fourth-order valence-electron chi connectivity index (χ4n) is 2.41. The predicted molar refractivity (Wildman–Crippen MR) is 96.8 cm³/mol. The number of benzene rings is 1. The van der Waals surface area contributed by atoms with E-state index in [1.807, 2.05) is 36.4 Å². The van der Waals surface area contributed by atoms with Gasteiger partial charge in [0.25, 0.3) is 0 Å². The number of aliphatic hydroxyl groups is 1. The molecule has 2 aromatic rings. The molecule has 1 unspecified atom stereocenters. The van der Waals surface area contributed by atoms with Crippen LogP contribution in [0.2, 0.25) is 0 Å². The Kier molecular flexibility index (Phi) is 8.02. The molecule has 0 fully saturated rings. The van der Waals surface area contributed by atoms with Crippen molar-refractivity contribution >= 4 is 0 Å². The molecule has 0 spiro atoms. The van der Waals surface area contributed by atoms with E-state index in [1.54, 1.807) is 6.92 Å². The first kappa shape index (κ1) is 18.7. The molecule has 0 aliphatic rings. The fraction of sp³-hybridized carbons (Fsp3) is 0.500. The summed E-state index contributed by atoms with van der Waals surface area (Å²) in [7, 11) is 0. The van der Waals surface area contributed by atoms with E-state index in [4.69, 9.17) is 9.15 Å². The van der Waals surface area contributed by atoms with Crippen molar-refractivity contribution in [1.29, 1.82) is 0 Å². The molecule has 0 saturated heterocycles. The van der Waals surface area contributed by atoms with Crippen molar-refractivity contribution in [2.45, 2.75) is 45.8 Å². The molecule has 132 valence electrons. The normalized spacial score (nSPS) is 12.5. The van der Waals surface area contributed by atoms with Gasteiger partial charge in [0.2, 0.25) is 0 Å². The number of nitrogens with one attached hydrogen (secondary N) is 1. The summed E-state index contributed by atoms with van der Waals surface area (Å²) >= 11 is 0. The molecule has 2 N–H and O–H groups in total. The lowest BCUT2D eigenvalue weighted by Crippen LogP contribution is -2.16. The summed E-state index contributed by atoms with van der Waals surface area (Å²) in [6.45, 7) is 7.26. The molecule has 1 aromatic carbocycles. The number of ether oxygens (including phenoxy) is 1. The monoisotopic (exact) mass is 331 g/mol. The first-order valence-electron chi connectivity index (χ1n) is 8.86. The van der Waals surface area contributed by atoms with Crippen LogP contribution < -0.4 is 5.32 Å². The maximum atomic E-state index is 9.55. The van der Waals surface area contributed by atoms with Crippen LogP contribution in [0.4, 0.5) is 0 Å². The molecule has 24 heavy (non-hydrogen) atoms. The topological polar surface area (TPSA) is 54.6 Å². The number of aliphatic hydroxyl groups excluding tert-OH is 1. The summed E-state index contributed by atoms with van der Waals surface area (Å²) < 4.78 is 11.4. The van der Waals surface area contributed by atoms with E-state index in [9.17, 15) is 5.11 Å². The molecule has 0 aliphatic heterocycles. The van der Waals surface area contributed by atoms with Gasteiger partial charge in [-0.1, -0.05) is 37.6 Å². The largest absolute Gasteiger partial charge is 0.460 e. The predicted octanol–water partition coefficient (Wildman–Crippen LogP) is 4.30. The molecule has 1 aromatic heterocycles. The van der Waals surface area contributed by atoms with Crippen LogP contribution >= 0.6 is 0 Å². The van der Waals surface area contributed by atoms with Crippen molar-refractivity contribution in [3.8, 4) is 11.3 Å². The second kappa shape index (κ2) is 10.3. The van der Waals surface area contributed by atoms with Crippen LogP contribution in [0.1, 0.15) is 50.5 Å². The lowest BCUT2D eigenvalue weighted by Gasteiger charge is -2.05. The average Bonchev–Trinajstić information content (AvgIpc) is 3.06. The van der Waals surface area contributed by atoms with Crippen molar-refractivity contribution in [3.05, 3.63) is 47.7 Å². The third-order valence-electron chi connectivity index (χ3n) is 3.92. The minimum Gasteiger partial charge on any atom is -0.460 e. The molecule has 4 nitrogen and oxygen atoms in total. The minimum atomic E-state index is -0.443. The van der Waals surface area contributed by atoms with Gasteiger partial charge in [0.15, 0.2) is 0 Å².